The number of carboxylic acids is 1. The standard InChI is InChI=1S/C20H15ClN2O4.Na/c21-11-6-7-13-14(9-17(20(26)27)22-16(13)8-11)15-10-18(24)23(19(15)25)12-4-2-1-3-5-12;/h1-8,17,22H,9-10H2,(H,26,27);/q;+1/p-1/b15-14+;. The van der Waals surface area contributed by atoms with Crippen molar-refractivity contribution in [1.82, 2.24) is 0 Å². The molecule has 2 amide bonds. The minimum Gasteiger partial charge on any atom is -0.548 e. The number of imide groups is 1. The van der Waals surface area contributed by atoms with Crippen molar-refractivity contribution >= 4 is 46.3 Å². The van der Waals surface area contributed by atoms with Gasteiger partial charge < -0.3 is 15.2 Å². The van der Waals surface area contributed by atoms with Gasteiger partial charge in [0, 0.05) is 21.8 Å². The van der Waals surface area contributed by atoms with Crippen LogP contribution in [0.2, 0.25) is 5.02 Å². The van der Waals surface area contributed by atoms with E-state index in [0.717, 1.165) is 4.90 Å². The number of aliphatic carboxylic acids is 1. The Labute approximate surface area is 188 Å². The van der Waals surface area contributed by atoms with Gasteiger partial charge in [-0.05, 0) is 36.3 Å². The predicted octanol–water partition coefficient (Wildman–Crippen LogP) is -1.00. The van der Waals surface area contributed by atoms with E-state index < -0.39 is 17.9 Å². The van der Waals surface area contributed by atoms with Crippen LogP contribution in [0, 0.1) is 0 Å². The average Bonchev–Trinajstić information content (AvgIpc) is 2.95. The van der Waals surface area contributed by atoms with E-state index >= 15 is 0 Å². The number of fused-ring (bicyclic) bond motifs is 1. The number of carboxylic acid groups (broad SMARTS) is 1. The number of hydrogen-bond acceptors (Lipinski definition) is 5. The minimum atomic E-state index is -1.28. The van der Waals surface area contributed by atoms with Crippen LogP contribution in [0.5, 0.6) is 0 Å². The van der Waals surface area contributed by atoms with Gasteiger partial charge in [0.1, 0.15) is 0 Å². The van der Waals surface area contributed by atoms with Crippen LogP contribution in [0.25, 0.3) is 5.57 Å². The third kappa shape index (κ3) is 3.61. The third-order valence-electron chi connectivity index (χ3n) is 4.75. The van der Waals surface area contributed by atoms with Gasteiger partial charge in [0.05, 0.1) is 24.1 Å². The third-order valence-corrected chi connectivity index (χ3v) is 4.98. The van der Waals surface area contributed by atoms with Crippen molar-refractivity contribution in [2.24, 2.45) is 0 Å². The summed E-state index contributed by atoms with van der Waals surface area (Å²) < 4.78 is 0. The molecule has 0 saturated carbocycles. The molecule has 1 fully saturated rings. The molecule has 1 N–H and O–H groups in total. The van der Waals surface area contributed by atoms with Crippen molar-refractivity contribution in [3.8, 4) is 0 Å². The van der Waals surface area contributed by atoms with Crippen molar-refractivity contribution in [3.05, 3.63) is 64.7 Å². The molecule has 0 bridgehead atoms. The Morgan fingerprint density at radius 1 is 1.11 bits per heavy atom. The molecule has 136 valence electrons. The zero-order valence-corrected chi connectivity index (χ0v) is 17.8. The second-order valence-electron chi connectivity index (χ2n) is 6.41. The van der Waals surface area contributed by atoms with Crippen LogP contribution in [-0.2, 0) is 14.4 Å². The van der Waals surface area contributed by atoms with E-state index in [1.54, 1.807) is 48.5 Å². The Morgan fingerprint density at radius 3 is 2.50 bits per heavy atom. The van der Waals surface area contributed by atoms with Gasteiger partial charge >= 0.3 is 29.6 Å². The Bertz CT molecular complexity index is 1010. The summed E-state index contributed by atoms with van der Waals surface area (Å²) in [6, 6.07) is 12.6. The number of nitrogens with one attached hydrogen (secondary N) is 1. The topological polar surface area (TPSA) is 89.5 Å². The molecule has 28 heavy (non-hydrogen) atoms. The molecule has 0 aromatic heterocycles. The van der Waals surface area contributed by atoms with Gasteiger partial charge in [-0.1, -0.05) is 35.9 Å². The maximum atomic E-state index is 13.0. The molecule has 2 heterocycles. The van der Waals surface area contributed by atoms with E-state index in [0.29, 0.717) is 33.1 Å². The number of carbonyl (C=O) groups excluding carboxylic acids is 3. The molecule has 0 aliphatic carbocycles. The van der Waals surface area contributed by atoms with Crippen LogP contribution in [0.1, 0.15) is 18.4 Å². The number of amides is 2. The minimum absolute atomic E-state index is 0. The number of hydrogen-bond donors (Lipinski definition) is 1. The van der Waals surface area contributed by atoms with Gasteiger partial charge in [-0.25, -0.2) is 4.90 Å². The number of carbonyl (C=O) groups is 3. The Morgan fingerprint density at radius 2 is 1.82 bits per heavy atom. The summed E-state index contributed by atoms with van der Waals surface area (Å²) in [4.78, 5) is 38.1. The number of halogens is 1. The van der Waals surface area contributed by atoms with Crippen LogP contribution in [-0.4, -0.2) is 23.8 Å². The molecule has 1 unspecified atom stereocenters. The van der Waals surface area contributed by atoms with Crippen LogP contribution >= 0.6 is 11.6 Å². The van der Waals surface area contributed by atoms with Gasteiger partial charge in [0.25, 0.3) is 5.91 Å². The molecule has 2 aromatic carbocycles. The van der Waals surface area contributed by atoms with Crippen molar-refractivity contribution in [2.75, 3.05) is 10.2 Å². The summed E-state index contributed by atoms with van der Waals surface area (Å²) in [6.45, 7) is 0. The van der Waals surface area contributed by atoms with Crippen molar-refractivity contribution in [2.45, 2.75) is 18.9 Å². The first-order valence-electron chi connectivity index (χ1n) is 8.37. The number of anilines is 2. The summed E-state index contributed by atoms with van der Waals surface area (Å²) >= 11 is 6.02. The zero-order chi connectivity index (χ0) is 19.1. The monoisotopic (exact) mass is 404 g/mol. The summed E-state index contributed by atoms with van der Waals surface area (Å²) in [5.41, 5.74) is 2.50. The van der Waals surface area contributed by atoms with Gasteiger partial charge in [0.15, 0.2) is 0 Å². The van der Waals surface area contributed by atoms with Crippen LogP contribution in [0.3, 0.4) is 0 Å². The van der Waals surface area contributed by atoms with E-state index in [9.17, 15) is 19.5 Å². The fourth-order valence-electron chi connectivity index (χ4n) is 3.51. The van der Waals surface area contributed by atoms with Crippen LogP contribution < -0.4 is 44.9 Å². The molecule has 8 heteroatoms. The van der Waals surface area contributed by atoms with Crippen LogP contribution in [0.15, 0.2) is 54.1 Å². The fourth-order valence-corrected chi connectivity index (χ4v) is 3.68. The largest absolute Gasteiger partial charge is 1.00 e. The van der Waals surface area contributed by atoms with Crippen molar-refractivity contribution in [1.29, 1.82) is 0 Å². The molecule has 0 radical (unpaired) electrons. The second kappa shape index (κ2) is 8.09. The first-order valence-corrected chi connectivity index (χ1v) is 8.75. The molecular formula is C20H14ClN2NaO4. The number of para-hydroxylation sites is 1. The average molecular weight is 405 g/mol. The van der Waals surface area contributed by atoms with Gasteiger partial charge in [-0.15, -0.1) is 0 Å². The van der Waals surface area contributed by atoms with E-state index in [2.05, 4.69) is 5.32 Å². The summed E-state index contributed by atoms with van der Waals surface area (Å²) in [6.07, 6.45) is -0.0289. The molecule has 1 saturated heterocycles. The smallest absolute Gasteiger partial charge is 0.548 e. The summed E-state index contributed by atoms with van der Waals surface area (Å²) in [5.74, 6) is -2.05. The van der Waals surface area contributed by atoms with Crippen molar-refractivity contribution in [3.63, 3.8) is 0 Å². The molecule has 2 aliphatic heterocycles. The summed E-state index contributed by atoms with van der Waals surface area (Å²) in [7, 11) is 0. The predicted molar refractivity (Wildman–Crippen MR) is 99.0 cm³/mol. The normalized spacial score (nSPS) is 21.0. The van der Waals surface area contributed by atoms with Crippen LogP contribution in [0.4, 0.5) is 11.4 Å². The maximum absolute atomic E-state index is 13.0. The fraction of sp³-hybridized carbons (Fsp3) is 0.150. The second-order valence-corrected chi connectivity index (χ2v) is 6.85. The summed E-state index contributed by atoms with van der Waals surface area (Å²) in [5, 5.41) is 14.8. The van der Waals surface area contributed by atoms with Gasteiger partial charge in [0.2, 0.25) is 5.91 Å². The molecule has 1 atom stereocenters. The Kier molecular flexibility index (Phi) is 5.95. The molecule has 0 spiro atoms. The molecular weight excluding hydrogens is 391 g/mol. The molecule has 2 aliphatic rings. The van der Waals surface area contributed by atoms with E-state index in [-0.39, 0.29) is 48.3 Å². The SMILES string of the molecule is O=C([O-])C1C/C(=C2/CC(=O)N(c3ccccc3)C2=O)c2ccc(Cl)cc2N1.[Na+]. The molecule has 2 aromatic rings. The first-order chi connectivity index (χ1) is 13.0. The molecule has 4 rings (SSSR count). The number of benzene rings is 2. The first kappa shape index (κ1) is 20.6. The van der Waals surface area contributed by atoms with Crippen molar-refractivity contribution < 1.29 is 49.0 Å². The quantitative estimate of drug-likeness (QED) is 0.394. The number of nitrogens with zero attached hydrogens (tertiary/aromatic N) is 1. The Balaban J connectivity index is 0.00000225. The molecule has 6 nitrogen and oxygen atoms in total. The van der Waals surface area contributed by atoms with E-state index in [1.165, 1.54) is 0 Å². The van der Waals surface area contributed by atoms with Gasteiger partial charge in [-0.3, -0.25) is 9.59 Å². The zero-order valence-electron chi connectivity index (χ0n) is 15.1. The van der Waals surface area contributed by atoms with E-state index in [1.807, 2.05) is 0 Å². The maximum Gasteiger partial charge on any atom is 1.00 e. The van der Waals surface area contributed by atoms with E-state index in [4.69, 9.17) is 11.6 Å². The number of rotatable bonds is 2. The van der Waals surface area contributed by atoms with Gasteiger partial charge in [-0.2, -0.15) is 0 Å². The Hall–Kier alpha value is -2.12.